The summed E-state index contributed by atoms with van der Waals surface area (Å²) in [7, 11) is 0. The molecule has 0 spiro atoms. The first-order valence-electron chi connectivity index (χ1n) is 6.45. The van der Waals surface area contributed by atoms with E-state index >= 15 is 0 Å². The standard InChI is InChI=1S/C14H19N3O2/c15-11(9-12(16)18)13(19)17-14(7-4-8-14)10-5-2-1-3-6-10/h1-3,5-6,11H,4,7-9,15H2,(H2,16,18)(H,17,19)/t11-/m0/s1. The number of rotatable bonds is 5. The minimum Gasteiger partial charge on any atom is -0.370 e. The molecule has 5 N–H and O–H groups in total. The van der Waals surface area contributed by atoms with Gasteiger partial charge in [0.1, 0.15) is 0 Å². The summed E-state index contributed by atoms with van der Waals surface area (Å²) in [6.07, 6.45) is 2.73. The second kappa shape index (κ2) is 5.40. The normalized spacial score (nSPS) is 18.2. The summed E-state index contributed by atoms with van der Waals surface area (Å²) in [6, 6.07) is 8.96. The molecule has 102 valence electrons. The molecular weight excluding hydrogens is 242 g/mol. The van der Waals surface area contributed by atoms with Crippen LogP contribution in [0.2, 0.25) is 0 Å². The summed E-state index contributed by atoms with van der Waals surface area (Å²) >= 11 is 0. The first kappa shape index (κ1) is 13.5. The van der Waals surface area contributed by atoms with Crippen LogP contribution in [0.15, 0.2) is 30.3 Å². The van der Waals surface area contributed by atoms with Gasteiger partial charge in [-0.2, -0.15) is 0 Å². The van der Waals surface area contributed by atoms with Crippen molar-refractivity contribution in [3.8, 4) is 0 Å². The van der Waals surface area contributed by atoms with E-state index in [-0.39, 0.29) is 17.9 Å². The summed E-state index contributed by atoms with van der Waals surface area (Å²) in [5.41, 5.74) is 11.5. The van der Waals surface area contributed by atoms with Crippen molar-refractivity contribution in [3.63, 3.8) is 0 Å². The van der Waals surface area contributed by atoms with E-state index in [2.05, 4.69) is 5.32 Å². The number of primary amides is 1. The lowest BCUT2D eigenvalue weighted by Crippen LogP contribution is -2.55. The van der Waals surface area contributed by atoms with Gasteiger partial charge in [0.25, 0.3) is 0 Å². The molecule has 0 aromatic heterocycles. The lowest BCUT2D eigenvalue weighted by molar-refractivity contribution is -0.128. The molecular formula is C14H19N3O2. The van der Waals surface area contributed by atoms with Gasteiger partial charge >= 0.3 is 0 Å². The third-order valence-electron chi connectivity index (χ3n) is 3.65. The second-order valence-corrected chi connectivity index (χ2v) is 5.07. The Kier molecular flexibility index (Phi) is 3.85. The van der Waals surface area contributed by atoms with E-state index in [0.29, 0.717) is 0 Å². The van der Waals surface area contributed by atoms with E-state index in [1.807, 2.05) is 30.3 Å². The minimum absolute atomic E-state index is 0.128. The van der Waals surface area contributed by atoms with Crippen LogP contribution in [0.3, 0.4) is 0 Å². The smallest absolute Gasteiger partial charge is 0.238 e. The van der Waals surface area contributed by atoms with Crippen LogP contribution in [0, 0.1) is 0 Å². The number of nitrogens with one attached hydrogen (secondary N) is 1. The van der Waals surface area contributed by atoms with Gasteiger partial charge < -0.3 is 16.8 Å². The molecule has 0 bridgehead atoms. The van der Waals surface area contributed by atoms with Gasteiger partial charge in [-0.15, -0.1) is 0 Å². The SMILES string of the molecule is NC(=O)C[C@H](N)C(=O)NC1(c2ccccc2)CCC1. The molecule has 0 saturated heterocycles. The van der Waals surface area contributed by atoms with Crippen LogP contribution in [-0.2, 0) is 15.1 Å². The second-order valence-electron chi connectivity index (χ2n) is 5.07. The number of hydrogen-bond donors (Lipinski definition) is 3. The molecule has 2 amide bonds. The maximum atomic E-state index is 12.0. The molecule has 1 aliphatic carbocycles. The fraction of sp³-hybridized carbons (Fsp3) is 0.429. The Morgan fingerprint density at radius 2 is 1.89 bits per heavy atom. The third-order valence-corrected chi connectivity index (χ3v) is 3.65. The van der Waals surface area contributed by atoms with E-state index < -0.39 is 11.9 Å². The van der Waals surface area contributed by atoms with Crippen molar-refractivity contribution in [3.05, 3.63) is 35.9 Å². The van der Waals surface area contributed by atoms with Crippen LogP contribution < -0.4 is 16.8 Å². The summed E-state index contributed by atoms with van der Waals surface area (Å²) in [5.74, 6) is -0.882. The molecule has 5 heteroatoms. The third kappa shape index (κ3) is 2.93. The van der Waals surface area contributed by atoms with Crippen LogP contribution in [0.4, 0.5) is 0 Å². The molecule has 1 aromatic rings. The zero-order chi connectivity index (χ0) is 13.9. The van der Waals surface area contributed by atoms with Crippen LogP contribution in [0.1, 0.15) is 31.2 Å². The van der Waals surface area contributed by atoms with E-state index in [1.165, 1.54) is 0 Å². The number of carbonyl (C=O) groups is 2. The molecule has 1 aromatic carbocycles. The molecule has 5 nitrogen and oxygen atoms in total. The predicted octanol–water partition coefficient (Wildman–Crippen LogP) is 0.385. The first-order chi connectivity index (χ1) is 9.03. The highest BCUT2D eigenvalue weighted by atomic mass is 16.2. The van der Waals surface area contributed by atoms with Crippen LogP contribution >= 0.6 is 0 Å². The Labute approximate surface area is 112 Å². The highest BCUT2D eigenvalue weighted by Crippen LogP contribution is 2.41. The highest BCUT2D eigenvalue weighted by Gasteiger charge is 2.40. The van der Waals surface area contributed by atoms with Crippen molar-refractivity contribution in [1.82, 2.24) is 5.32 Å². The molecule has 0 aliphatic heterocycles. The maximum absolute atomic E-state index is 12.0. The van der Waals surface area contributed by atoms with Gasteiger partial charge in [-0.05, 0) is 24.8 Å². The van der Waals surface area contributed by atoms with Crippen LogP contribution in [0.5, 0.6) is 0 Å². The van der Waals surface area contributed by atoms with E-state index in [1.54, 1.807) is 0 Å². The zero-order valence-electron chi connectivity index (χ0n) is 10.8. The van der Waals surface area contributed by atoms with Gasteiger partial charge in [-0.3, -0.25) is 9.59 Å². The number of amides is 2. The summed E-state index contributed by atoms with van der Waals surface area (Å²) in [6.45, 7) is 0. The quantitative estimate of drug-likeness (QED) is 0.714. The lowest BCUT2D eigenvalue weighted by Gasteiger charge is -2.43. The van der Waals surface area contributed by atoms with Gasteiger partial charge in [0.15, 0.2) is 0 Å². The van der Waals surface area contributed by atoms with Gasteiger partial charge in [0, 0.05) is 0 Å². The van der Waals surface area contributed by atoms with Crippen molar-refractivity contribution in [2.75, 3.05) is 0 Å². The molecule has 1 fully saturated rings. The van der Waals surface area contributed by atoms with Crippen molar-refractivity contribution in [2.45, 2.75) is 37.3 Å². The summed E-state index contributed by atoms with van der Waals surface area (Å²) < 4.78 is 0. The van der Waals surface area contributed by atoms with E-state index in [4.69, 9.17) is 11.5 Å². The van der Waals surface area contributed by atoms with Crippen molar-refractivity contribution in [1.29, 1.82) is 0 Å². The molecule has 0 radical (unpaired) electrons. The number of nitrogens with two attached hydrogens (primary N) is 2. The Bertz CT molecular complexity index is 469. The maximum Gasteiger partial charge on any atom is 0.238 e. The molecule has 19 heavy (non-hydrogen) atoms. The topological polar surface area (TPSA) is 98.2 Å². The molecule has 0 unspecified atom stereocenters. The average Bonchev–Trinajstić information content (AvgIpc) is 2.33. The number of benzene rings is 1. The summed E-state index contributed by atoms with van der Waals surface area (Å²) in [5, 5.41) is 2.98. The fourth-order valence-electron chi connectivity index (χ4n) is 2.41. The number of carbonyl (C=O) groups excluding carboxylic acids is 2. The molecule has 0 heterocycles. The predicted molar refractivity (Wildman–Crippen MR) is 71.9 cm³/mol. The van der Waals surface area contributed by atoms with Crippen LogP contribution in [-0.4, -0.2) is 17.9 Å². The fourth-order valence-corrected chi connectivity index (χ4v) is 2.41. The first-order valence-corrected chi connectivity index (χ1v) is 6.45. The van der Waals surface area contributed by atoms with Crippen molar-refractivity contribution >= 4 is 11.8 Å². The van der Waals surface area contributed by atoms with Gasteiger partial charge in [-0.25, -0.2) is 0 Å². The Hall–Kier alpha value is -1.88. The van der Waals surface area contributed by atoms with Gasteiger partial charge in [0.05, 0.1) is 18.0 Å². The molecule has 1 saturated carbocycles. The molecule has 1 atom stereocenters. The monoisotopic (exact) mass is 261 g/mol. The highest BCUT2D eigenvalue weighted by molar-refractivity contribution is 5.88. The Morgan fingerprint density at radius 1 is 1.26 bits per heavy atom. The van der Waals surface area contributed by atoms with Gasteiger partial charge in [-0.1, -0.05) is 30.3 Å². The van der Waals surface area contributed by atoms with Crippen LogP contribution in [0.25, 0.3) is 0 Å². The van der Waals surface area contributed by atoms with E-state index in [0.717, 1.165) is 24.8 Å². The number of hydrogen-bond acceptors (Lipinski definition) is 3. The largest absolute Gasteiger partial charge is 0.370 e. The lowest BCUT2D eigenvalue weighted by atomic mass is 9.71. The molecule has 2 rings (SSSR count). The minimum atomic E-state index is -0.876. The summed E-state index contributed by atoms with van der Waals surface area (Å²) in [4.78, 5) is 22.8. The Balaban J connectivity index is 2.07. The van der Waals surface area contributed by atoms with Crippen molar-refractivity contribution in [2.24, 2.45) is 11.5 Å². The van der Waals surface area contributed by atoms with E-state index in [9.17, 15) is 9.59 Å². The zero-order valence-corrected chi connectivity index (χ0v) is 10.8. The Morgan fingerprint density at radius 3 is 2.37 bits per heavy atom. The van der Waals surface area contributed by atoms with Gasteiger partial charge in [0.2, 0.25) is 11.8 Å². The molecule has 1 aliphatic rings. The van der Waals surface area contributed by atoms with Crippen molar-refractivity contribution < 1.29 is 9.59 Å². The average molecular weight is 261 g/mol.